The van der Waals surface area contributed by atoms with E-state index in [4.69, 9.17) is 0 Å². The number of nitrogens with zero attached hydrogens (tertiary/aromatic N) is 1. The predicted molar refractivity (Wildman–Crippen MR) is 69.4 cm³/mol. The van der Waals surface area contributed by atoms with Crippen LogP contribution in [-0.4, -0.2) is 11.0 Å². The number of carboxylic acid groups (broad SMARTS) is 1. The van der Waals surface area contributed by atoms with Crippen LogP contribution in [0.3, 0.4) is 0 Å². The molecule has 0 radical (unpaired) electrons. The molecule has 0 aliphatic carbocycles. The SMILES string of the molecule is O=C([O-])c1cc(-c2cccs2)nc2ccccc12. The van der Waals surface area contributed by atoms with Gasteiger partial charge in [0.2, 0.25) is 0 Å². The molecule has 0 aliphatic rings. The monoisotopic (exact) mass is 254 g/mol. The Morgan fingerprint density at radius 3 is 2.72 bits per heavy atom. The zero-order valence-electron chi connectivity index (χ0n) is 9.29. The molecule has 3 nitrogen and oxygen atoms in total. The van der Waals surface area contributed by atoms with Crippen LogP contribution in [0.1, 0.15) is 10.4 Å². The van der Waals surface area contributed by atoms with E-state index in [1.165, 1.54) is 11.3 Å². The first-order valence-electron chi connectivity index (χ1n) is 5.41. The Morgan fingerprint density at radius 2 is 2.00 bits per heavy atom. The standard InChI is InChI=1S/C14H9NO2S/c16-14(17)10-8-12(13-6-3-7-18-13)15-11-5-2-1-4-9(10)11/h1-8H,(H,16,17)/p-1. The minimum atomic E-state index is -1.17. The Kier molecular flexibility index (Phi) is 2.57. The fourth-order valence-electron chi connectivity index (χ4n) is 1.89. The number of rotatable bonds is 2. The fourth-order valence-corrected chi connectivity index (χ4v) is 2.58. The van der Waals surface area contributed by atoms with E-state index >= 15 is 0 Å². The molecule has 0 unspecified atom stereocenters. The van der Waals surface area contributed by atoms with Crippen LogP contribution in [-0.2, 0) is 0 Å². The van der Waals surface area contributed by atoms with E-state index in [0.717, 1.165) is 4.88 Å². The maximum absolute atomic E-state index is 11.2. The number of carbonyl (C=O) groups excluding carboxylic acids is 1. The molecule has 4 heteroatoms. The van der Waals surface area contributed by atoms with Crippen molar-refractivity contribution in [1.29, 1.82) is 0 Å². The predicted octanol–water partition coefficient (Wildman–Crippen LogP) is 2.33. The van der Waals surface area contributed by atoms with Gasteiger partial charge in [-0.15, -0.1) is 11.3 Å². The Hall–Kier alpha value is -2.20. The molecule has 2 aromatic heterocycles. The lowest BCUT2D eigenvalue weighted by Crippen LogP contribution is -2.22. The van der Waals surface area contributed by atoms with Crippen molar-refractivity contribution in [2.75, 3.05) is 0 Å². The number of thiophene rings is 1. The van der Waals surface area contributed by atoms with Crippen LogP contribution in [0.4, 0.5) is 0 Å². The molecule has 0 saturated carbocycles. The van der Waals surface area contributed by atoms with Crippen molar-refractivity contribution in [1.82, 2.24) is 4.98 Å². The van der Waals surface area contributed by atoms with Crippen LogP contribution in [0, 0.1) is 0 Å². The summed E-state index contributed by atoms with van der Waals surface area (Å²) in [5, 5.41) is 13.7. The van der Waals surface area contributed by atoms with Crippen molar-refractivity contribution in [3.8, 4) is 10.6 Å². The molecule has 3 rings (SSSR count). The highest BCUT2D eigenvalue weighted by atomic mass is 32.1. The number of aromatic nitrogens is 1. The maximum Gasteiger partial charge on any atom is 0.0816 e. The number of carbonyl (C=O) groups is 1. The number of carboxylic acids is 1. The molecule has 0 fully saturated rings. The van der Waals surface area contributed by atoms with E-state index in [2.05, 4.69) is 4.98 Å². The zero-order chi connectivity index (χ0) is 12.5. The summed E-state index contributed by atoms with van der Waals surface area (Å²) in [7, 11) is 0. The van der Waals surface area contributed by atoms with Gasteiger partial charge in [0.05, 0.1) is 22.1 Å². The topological polar surface area (TPSA) is 53.0 Å². The average Bonchev–Trinajstić information content (AvgIpc) is 2.91. The van der Waals surface area contributed by atoms with Gasteiger partial charge < -0.3 is 9.90 Å². The third kappa shape index (κ3) is 1.76. The normalized spacial score (nSPS) is 10.7. The van der Waals surface area contributed by atoms with Crippen molar-refractivity contribution < 1.29 is 9.90 Å². The van der Waals surface area contributed by atoms with Gasteiger partial charge in [0.15, 0.2) is 0 Å². The molecular weight excluding hydrogens is 246 g/mol. The van der Waals surface area contributed by atoms with E-state index in [-0.39, 0.29) is 5.56 Å². The van der Waals surface area contributed by atoms with E-state index in [9.17, 15) is 9.90 Å². The molecule has 0 amide bonds. The summed E-state index contributed by atoms with van der Waals surface area (Å²) in [6, 6.07) is 12.6. The van der Waals surface area contributed by atoms with Gasteiger partial charge in [-0.05, 0) is 23.6 Å². The van der Waals surface area contributed by atoms with E-state index < -0.39 is 5.97 Å². The Balaban J connectivity index is 2.33. The van der Waals surface area contributed by atoms with Gasteiger partial charge in [-0.1, -0.05) is 24.3 Å². The molecule has 3 aromatic rings. The van der Waals surface area contributed by atoms with Crippen LogP contribution >= 0.6 is 11.3 Å². The molecule has 0 spiro atoms. The van der Waals surface area contributed by atoms with Gasteiger partial charge in [0.1, 0.15) is 0 Å². The lowest BCUT2D eigenvalue weighted by molar-refractivity contribution is -0.254. The lowest BCUT2D eigenvalue weighted by atomic mass is 10.1. The van der Waals surface area contributed by atoms with Gasteiger partial charge in [0.25, 0.3) is 0 Å². The van der Waals surface area contributed by atoms with E-state index in [1.807, 2.05) is 23.6 Å². The molecule has 0 atom stereocenters. The molecule has 0 N–H and O–H groups in total. The molecule has 0 bridgehead atoms. The lowest BCUT2D eigenvalue weighted by Gasteiger charge is -2.09. The molecular formula is C14H8NO2S-. The van der Waals surface area contributed by atoms with Crippen LogP contribution in [0.15, 0.2) is 47.8 Å². The highest BCUT2D eigenvalue weighted by molar-refractivity contribution is 7.13. The summed E-state index contributed by atoms with van der Waals surface area (Å²) in [5.74, 6) is -1.17. The summed E-state index contributed by atoms with van der Waals surface area (Å²) < 4.78 is 0. The molecule has 18 heavy (non-hydrogen) atoms. The van der Waals surface area contributed by atoms with E-state index in [1.54, 1.807) is 24.3 Å². The van der Waals surface area contributed by atoms with Crippen LogP contribution in [0.25, 0.3) is 21.5 Å². The number of benzene rings is 1. The third-order valence-corrected chi connectivity index (χ3v) is 3.60. The van der Waals surface area contributed by atoms with Gasteiger partial charge in [0, 0.05) is 10.9 Å². The smallest absolute Gasteiger partial charge is 0.0816 e. The number of para-hydroxylation sites is 1. The minimum Gasteiger partial charge on any atom is -0.545 e. The molecule has 1 aromatic carbocycles. The first-order valence-corrected chi connectivity index (χ1v) is 6.28. The van der Waals surface area contributed by atoms with Crippen molar-refractivity contribution in [2.24, 2.45) is 0 Å². The summed E-state index contributed by atoms with van der Waals surface area (Å²) in [6.07, 6.45) is 0. The number of hydrogen-bond acceptors (Lipinski definition) is 4. The van der Waals surface area contributed by atoms with E-state index in [0.29, 0.717) is 16.6 Å². The molecule has 2 heterocycles. The zero-order valence-corrected chi connectivity index (χ0v) is 10.1. The van der Waals surface area contributed by atoms with Gasteiger partial charge >= 0.3 is 0 Å². The van der Waals surface area contributed by atoms with Crippen molar-refractivity contribution in [3.05, 3.63) is 53.4 Å². The Morgan fingerprint density at radius 1 is 1.17 bits per heavy atom. The van der Waals surface area contributed by atoms with Gasteiger partial charge in [-0.25, -0.2) is 4.98 Å². The van der Waals surface area contributed by atoms with Gasteiger partial charge in [-0.2, -0.15) is 0 Å². The maximum atomic E-state index is 11.2. The Labute approximate surface area is 107 Å². The average molecular weight is 254 g/mol. The fraction of sp³-hybridized carbons (Fsp3) is 0. The summed E-state index contributed by atoms with van der Waals surface area (Å²) in [4.78, 5) is 16.6. The summed E-state index contributed by atoms with van der Waals surface area (Å²) in [5.41, 5.74) is 1.52. The summed E-state index contributed by atoms with van der Waals surface area (Å²) >= 11 is 1.53. The van der Waals surface area contributed by atoms with Gasteiger partial charge in [-0.3, -0.25) is 0 Å². The molecule has 88 valence electrons. The second-order valence-corrected chi connectivity index (χ2v) is 4.78. The molecule has 0 saturated heterocycles. The van der Waals surface area contributed by atoms with Crippen molar-refractivity contribution in [3.63, 3.8) is 0 Å². The minimum absolute atomic E-state index is 0.184. The molecule has 0 aliphatic heterocycles. The number of pyridine rings is 1. The van der Waals surface area contributed by atoms with Crippen LogP contribution < -0.4 is 5.11 Å². The van der Waals surface area contributed by atoms with Crippen molar-refractivity contribution >= 4 is 28.2 Å². The third-order valence-electron chi connectivity index (χ3n) is 2.71. The second kappa shape index (κ2) is 4.23. The second-order valence-electron chi connectivity index (χ2n) is 3.84. The van der Waals surface area contributed by atoms with Crippen molar-refractivity contribution in [2.45, 2.75) is 0 Å². The highest BCUT2D eigenvalue weighted by Gasteiger charge is 2.08. The number of hydrogen-bond donors (Lipinski definition) is 0. The van der Waals surface area contributed by atoms with Crippen LogP contribution in [0.5, 0.6) is 0 Å². The summed E-state index contributed by atoms with van der Waals surface area (Å²) in [6.45, 7) is 0. The van der Waals surface area contributed by atoms with Crippen LogP contribution in [0.2, 0.25) is 0 Å². The Bertz CT molecular complexity index is 720. The quantitative estimate of drug-likeness (QED) is 0.705. The number of aromatic carboxylic acids is 1. The first kappa shape index (κ1) is 10.9. The number of fused-ring (bicyclic) bond motifs is 1. The largest absolute Gasteiger partial charge is 0.545 e. The highest BCUT2D eigenvalue weighted by Crippen LogP contribution is 2.27. The first-order chi connectivity index (χ1) is 8.75.